The van der Waals surface area contributed by atoms with Crippen molar-refractivity contribution in [3.8, 4) is 0 Å². The fraction of sp³-hybridized carbons (Fsp3) is 0.583. The maximum Gasteiger partial charge on any atom is 0.227 e. The van der Waals surface area contributed by atoms with Crippen molar-refractivity contribution < 1.29 is 14.1 Å². The molecule has 30 heavy (non-hydrogen) atoms. The standard InChI is InChI=1S/C24H33N3O3/c1-18-23(19(2)30-25-18)16-24(28)27(22-9-14-29-15-10-22)12-5-11-26-13-8-20-6-3-4-7-21(20)17-26/h3-4,6-7,22H,5,8-17H2,1-2H3. The second-order valence-corrected chi connectivity index (χ2v) is 8.56. The lowest BCUT2D eigenvalue weighted by Gasteiger charge is -2.35. The number of ether oxygens (including phenoxy) is 1. The molecule has 0 aliphatic carbocycles. The largest absolute Gasteiger partial charge is 0.381 e. The summed E-state index contributed by atoms with van der Waals surface area (Å²) in [6.07, 6.45) is 4.32. The van der Waals surface area contributed by atoms with Gasteiger partial charge in [0.2, 0.25) is 5.91 Å². The summed E-state index contributed by atoms with van der Waals surface area (Å²) < 4.78 is 10.8. The highest BCUT2D eigenvalue weighted by molar-refractivity contribution is 5.79. The molecule has 6 nitrogen and oxygen atoms in total. The topological polar surface area (TPSA) is 58.8 Å². The number of aryl methyl sites for hydroxylation is 2. The predicted octanol–water partition coefficient (Wildman–Crippen LogP) is 3.29. The van der Waals surface area contributed by atoms with E-state index in [9.17, 15) is 4.79 Å². The molecular weight excluding hydrogens is 378 g/mol. The molecule has 0 bridgehead atoms. The number of amides is 1. The van der Waals surface area contributed by atoms with Crippen LogP contribution in [0.25, 0.3) is 0 Å². The molecule has 0 atom stereocenters. The van der Waals surface area contributed by atoms with Gasteiger partial charge in [-0.1, -0.05) is 29.4 Å². The molecule has 2 aliphatic rings. The van der Waals surface area contributed by atoms with Gasteiger partial charge in [-0.15, -0.1) is 0 Å². The van der Waals surface area contributed by atoms with E-state index in [1.165, 1.54) is 11.1 Å². The number of carbonyl (C=O) groups excluding carboxylic acids is 1. The second kappa shape index (κ2) is 9.75. The van der Waals surface area contributed by atoms with Crippen LogP contribution in [0.1, 0.15) is 47.4 Å². The van der Waals surface area contributed by atoms with Crippen molar-refractivity contribution in [2.75, 3.05) is 32.8 Å². The van der Waals surface area contributed by atoms with E-state index >= 15 is 0 Å². The van der Waals surface area contributed by atoms with Crippen molar-refractivity contribution in [3.05, 3.63) is 52.4 Å². The van der Waals surface area contributed by atoms with Crippen LogP contribution in [0.15, 0.2) is 28.8 Å². The average Bonchev–Trinajstić information content (AvgIpc) is 3.09. The number of fused-ring (bicyclic) bond motifs is 1. The molecule has 0 spiro atoms. The Hall–Kier alpha value is -2.18. The smallest absolute Gasteiger partial charge is 0.227 e. The third kappa shape index (κ3) is 4.93. The van der Waals surface area contributed by atoms with Gasteiger partial charge in [-0.2, -0.15) is 0 Å². The molecule has 4 rings (SSSR count). The highest BCUT2D eigenvalue weighted by atomic mass is 16.5. The number of hydrogen-bond acceptors (Lipinski definition) is 5. The van der Waals surface area contributed by atoms with Crippen molar-refractivity contribution >= 4 is 5.91 Å². The predicted molar refractivity (Wildman–Crippen MR) is 115 cm³/mol. The molecule has 0 radical (unpaired) electrons. The van der Waals surface area contributed by atoms with E-state index in [1.54, 1.807) is 0 Å². The summed E-state index contributed by atoms with van der Waals surface area (Å²) in [5.74, 6) is 0.931. The minimum Gasteiger partial charge on any atom is -0.381 e. The lowest BCUT2D eigenvalue weighted by atomic mass is 10.00. The van der Waals surface area contributed by atoms with Crippen LogP contribution in [0.3, 0.4) is 0 Å². The fourth-order valence-electron chi connectivity index (χ4n) is 4.72. The molecule has 2 aromatic rings. The van der Waals surface area contributed by atoms with Crippen LogP contribution in [0.4, 0.5) is 0 Å². The maximum atomic E-state index is 13.3. The van der Waals surface area contributed by atoms with Crippen LogP contribution in [-0.4, -0.2) is 59.8 Å². The quantitative estimate of drug-likeness (QED) is 0.700. The first kappa shape index (κ1) is 21.1. The molecular formula is C24H33N3O3. The van der Waals surface area contributed by atoms with Gasteiger partial charge in [0.15, 0.2) is 0 Å². The van der Waals surface area contributed by atoms with Gasteiger partial charge in [0.05, 0.1) is 12.1 Å². The van der Waals surface area contributed by atoms with Gasteiger partial charge in [-0.05, 0) is 50.7 Å². The van der Waals surface area contributed by atoms with Gasteiger partial charge in [0.25, 0.3) is 0 Å². The van der Waals surface area contributed by atoms with Gasteiger partial charge >= 0.3 is 0 Å². The Morgan fingerprint density at radius 2 is 1.97 bits per heavy atom. The SMILES string of the molecule is Cc1noc(C)c1CC(=O)N(CCCN1CCc2ccccc2C1)C1CCOCC1. The van der Waals surface area contributed by atoms with Crippen LogP contribution in [0.5, 0.6) is 0 Å². The molecule has 3 heterocycles. The zero-order chi connectivity index (χ0) is 20.9. The molecule has 1 amide bonds. The number of benzene rings is 1. The molecule has 162 valence electrons. The monoisotopic (exact) mass is 411 g/mol. The Labute approximate surface area is 179 Å². The first-order chi connectivity index (χ1) is 14.6. The minimum absolute atomic E-state index is 0.181. The summed E-state index contributed by atoms with van der Waals surface area (Å²) in [5, 5.41) is 4.01. The summed E-state index contributed by atoms with van der Waals surface area (Å²) in [4.78, 5) is 17.9. The third-order valence-electron chi connectivity index (χ3n) is 6.54. The zero-order valence-corrected chi connectivity index (χ0v) is 18.2. The maximum absolute atomic E-state index is 13.3. The van der Waals surface area contributed by atoms with Gasteiger partial charge in [-0.25, -0.2) is 0 Å². The van der Waals surface area contributed by atoms with E-state index in [0.29, 0.717) is 6.42 Å². The van der Waals surface area contributed by atoms with Crippen LogP contribution >= 0.6 is 0 Å². The van der Waals surface area contributed by atoms with E-state index in [0.717, 1.165) is 82.1 Å². The Morgan fingerprint density at radius 3 is 2.70 bits per heavy atom. The van der Waals surface area contributed by atoms with Crippen LogP contribution in [0, 0.1) is 13.8 Å². The molecule has 0 N–H and O–H groups in total. The normalized spacial score (nSPS) is 17.7. The van der Waals surface area contributed by atoms with Crippen molar-refractivity contribution in [1.29, 1.82) is 0 Å². The number of hydrogen-bond donors (Lipinski definition) is 0. The van der Waals surface area contributed by atoms with Crippen LogP contribution in [0.2, 0.25) is 0 Å². The Kier molecular flexibility index (Phi) is 6.85. The minimum atomic E-state index is 0.181. The number of rotatable bonds is 7. The third-order valence-corrected chi connectivity index (χ3v) is 6.54. The first-order valence-electron chi connectivity index (χ1n) is 11.2. The highest BCUT2D eigenvalue weighted by Crippen LogP contribution is 2.21. The molecule has 0 saturated carbocycles. The molecule has 1 aromatic carbocycles. The van der Waals surface area contributed by atoms with Gasteiger partial charge in [0.1, 0.15) is 5.76 Å². The lowest BCUT2D eigenvalue weighted by molar-refractivity contribution is -0.134. The summed E-state index contributed by atoms with van der Waals surface area (Å²) in [7, 11) is 0. The van der Waals surface area contributed by atoms with Crippen molar-refractivity contribution in [3.63, 3.8) is 0 Å². The molecule has 1 saturated heterocycles. The number of aromatic nitrogens is 1. The molecule has 0 unspecified atom stereocenters. The Morgan fingerprint density at radius 1 is 1.20 bits per heavy atom. The van der Waals surface area contributed by atoms with Crippen molar-refractivity contribution in [1.82, 2.24) is 15.0 Å². The second-order valence-electron chi connectivity index (χ2n) is 8.56. The molecule has 2 aliphatic heterocycles. The van der Waals surface area contributed by atoms with Crippen LogP contribution in [-0.2, 0) is 28.9 Å². The Balaban J connectivity index is 1.36. The summed E-state index contributed by atoms with van der Waals surface area (Å²) in [6, 6.07) is 9.01. The summed E-state index contributed by atoms with van der Waals surface area (Å²) in [6.45, 7) is 9.20. The van der Waals surface area contributed by atoms with E-state index in [2.05, 4.69) is 39.2 Å². The lowest BCUT2D eigenvalue weighted by Crippen LogP contribution is -2.45. The van der Waals surface area contributed by atoms with Crippen LogP contribution < -0.4 is 0 Å². The van der Waals surface area contributed by atoms with E-state index < -0.39 is 0 Å². The summed E-state index contributed by atoms with van der Waals surface area (Å²) in [5.41, 5.74) is 4.68. The Bertz CT molecular complexity index is 838. The number of carbonyl (C=O) groups is 1. The van der Waals surface area contributed by atoms with Crippen molar-refractivity contribution in [2.45, 2.75) is 58.5 Å². The van der Waals surface area contributed by atoms with Gasteiger partial charge < -0.3 is 14.2 Å². The highest BCUT2D eigenvalue weighted by Gasteiger charge is 2.27. The zero-order valence-electron chi connectivity index (χ0n) is 18.2. The van der Waals surface area contributed by atoms with E-state index in [4.69, 9.17) is 9.26 Å². The first-order valence-corrected chi connectivity index (χ1v) is 11.2. The molecule has 1 fully saturated rings. The molecule has 1 aromatic heterocycles. The van der Waals surface area contributed by atoms with E-state index in [1.807, 2.05) is 13.8 Å². The fourth-order valence-corrected chi connectivity index (χ4v) is 4.72. The van der Waals surface area contributed by atoms with E-state index in [-0.39, 0.29) is 11.9 Å². The average molecular weight is 412 g/mol. The van der Waals surface area contributed by atoms with Gasteiger partial charge in [-0.3, -0.25) is 9.69 Å². The van der Waals surface area contributed by atoms with Crippen molar-refractivity contribution in [2.24, 2.45) is 0 Å². The molecule has 6 heteroatoms. The van der Waals surface area contributed by atoms with Gasteiger partial charge in [0, 0.05) is 51.0 Å². The summed E-state index contributed by atoms with van der Waals surface area (Å²) >= 11 is 0. The number of nitrogens with zero attached hydrogens (tertiary/aromatic N) is 3.